The number of nitrogens with one attached hydrogen (secondary N) is 1. The van der Waals surface area contributed by atoms with E-state index in [9.17, 15) is 5.11 Å². The number of pyridine rings is 2. The van der Waals surface area contributed by atoms with Crippen molar-refractivity contribution in [1.29, 1.82) is 0 Å². The number of imidazole rings is 1. The van der Waals surface area contributed by atoms with Crippen LogP contribution in [0.3, 0.4) is 0 Å². The number of aromatic amines is 1. The van der Waals surface area contributed by atoms with Gasteiger partial charge in [-0.2, -0.15) is 5.10 Å². The van der Waals surface area contributed by atoms with Gasteiger partial charge in [0, 0.05) is 29.8 Å². The Balaban J connectivity index is 1.36. The largest absolute Gasteiger partial charge is 0.392 e. The zero-order valence-corrected chi connectivity index (χ0v) is 18.3. The first-order chi connectivity index (χ1) is 16.2. The molecule has 0 unspecified atom stereocenters. The third-order valence-corrected chi connectivity index (χ3v) is 6.49. The SMILES string of the molecule is Cc1cccc(-c2[nH]c(CC[C@@H]3c4ccccc4C[C@H]3O)nc2-c2ccc3ncnn3c2)n1. The van der Waals surface area contributed by atoms with E-state index in [0.717, 1.165) is 59.1 Å². The molecule has 164 valence electrons. The summed E-state index contributed by atoms with van der Waals surface area (Å²) < 4.78 is 1.75. The van der Waals surface area contributed by atoms with E-state index >= 15 is 0 Å². The molecule has 6 rings (SSSR count). The average Bonchev–Trinajstić information content (AvgIpc) is 3.53. The van der Waals surface area contributed by atoms with Crippen molar-refractivity contribution in [3.63, 3.8) is 0 Å². The van der Waals surface area contributed by atoms with Crippen molar-refractivity contribution in [1.82, 2.24) is 29.5 Å². The molecule has 2 atom stereocenters. The predicted octanol–water partition coefficient (Wildman–Crippen LogP) is 4.12. The zero-order chi connectivity index (χ0) is 22.4. The van der Waals surface area contributed by atoms with Crippen LogP contribution in [0.1, 0.15) is 35.0 Å². The number of fused-ring (bicyclic) bond motifs is 2. The van der Waals surface area contributed by atoms with Gasteiger partial charge < -0.3 is 10.1 Å². The molecular formula is C26H24N6O. The average molecular weight is 437 g/mol. The minimum atomic E-state index is -0.343. The quantitative estimate of drug-likeness (QED) is 0.432. The van der Waals surface area contributed by atoms with Crippen LogP contribution in [0.2, 0.25) is 0 Å². The maximum absolute atomic E-state index is 10.7. The highest BCUT2D eigenvalue weighted by molar-refractivity contribution is 5.77. The van der Waals surface area contributed by atoms with Crippen molar-refractivity contribution < 1.29 is 5.11 Å². The number of aromatic nitrogens is 6. The van der Waals surface area contributed by atoms with Gasteiger partial charge in [0.25, 0.3) is 0 Å². The molecule has 0 saturated heterocycles. The minimum Gasteiger partial charge on any atom is -0.392 e. The molecule has 1 aliphatic rings. The summed E-state index contributed by atoms with van der Waals surface area (Å²) in [6.07, 6.45) is 5.43. The fourth-order valence-corrected chi connectivity index (χ4v) is 4.87. The van der Waals surface area contributed by atoms with Crippen molar-refractivity contribution in [2.75, 3.05) is 0 Å². The van der Waals surface area contributed by atoms with Crippen LogP contribution in [0.15, 0.2) is 67.1 Å². The van der Waals surface area contributed by atoms with Crippen molar-refractivity contribution >= 4 is 5.65 Å². The Hall–Kier alpha value is -3.84. The van der Waals surface area contributed by atoms with E-state index in [0.29, 0.717) is 0 Å². The van der Waals surface area contributed by atoms with Gasteiger partial charge in [0.1, 0.15) is 12.2 Å². The maximum atomic E-state index is 10.7. The van der Waals surface area contributed by atoms with E-state index in [4.69, 9.17) is 9.97 Å². The van der Waals surface area contributed by atoms with E-state index in [1.807, 2.05) is 49.5 Å². The Bertz CT molecular complexity index is 1450. The molecule has 1 aromatic carbocycles. The summed E-state index contributed by atoms with van der Waals surface area (Å²) in [5.41, 5.74) is 7.78. The fourth-order valence-electron chi connectivity index (χ4n) is 4.87. The van der Waals surface area contributed by atoms with Crippen molar-refractivity contribution in [3.05, 3.63) is 89.8 Å². The molecule has 0 bridgehead atoms. The standard InChI is InChI=1S/C26H24N6O/c1-16-5-4-8-21(29-16)26-25(18-9-12-24-27-15-28-32(24)14-18)30-23(31-26)11-10-20-19-7-3-2-6-17(19)13-22(20)33/h2-9,12,14-15,20,22,33H,10-11,13H2,1H3,(H,30,31)/t20-,22-/m1/s1. The van der Waals surface area contributed by atoms with Gasteiger partial charge >= 0.3 is 0 Å². The summed E-state index contributed by atoms with van der Waals surface area (Å²) in [6, 6.07) is 18.3. The van der Waals surface area contributed by atoms with Gasteiger partial charge in [0.05, 0.1) is 23.2 Å². The monoisotopic (exact) mass is 436 g/mol. The highest BCUT2D eigenvalue weighted by Gasteiger charge is 2.30. The normalized spacial score (nSPS) is 17.5. The van der Waals surface area contributed by atoms with Gasteiger partial charge in [0.15, 0.2) is 5.65 Å². The molecule has 33 heavy (non-hydrogen) atoms. The van der Waals surface area contributed by atoms with Crippen molar-refractivity contribution in [3.8, 4) is 22.6 Å². The number of aryl methyl sites for hydroxylation is 2. The Labute approximate surface area is 191 Å². The number of rotatable bonds is 5. The van der Waals surface area contributed by atoms with Gasteiger partial charge in [0.2, 0.25) is 0 Å². The molecule has 4 aromatic heterocycles. The maximum Gasteiger partial charge on any atom is 0.155 e. The van der Waals surface area contributed by atoms with Gasteiger partial charge in [-0.3, -0.25) is 4.98 Å². The summed E-state index contributed by atoms with van der Waals surface area (Å²) in [6.45, 7) is 1.99. The number of hydrogen-bond donors (Lipinski definition) is 2. The second-order valence-electron chi connectivity index (χ2n) is 8.67. The minimum absolute atomic E-state index is 0.127. The number of benzene rings is 1. The van der Waals surface area contributed by atoms with Gasteiger partial charge in [-0.1, -0.05) is 30.3 Å². The smallest absolute Gasteiger partial charge is 0.155 e. The number of aliphatic hydroxyl groups is 1. The van der Waals surface area contributed by atoms with Gasteiger partial charge in [-0.15, -0.1) is 0 Å². The molecule has 4 heterocycles. The summed E-state index contributed by atoms with van der Waals surface area (Å²) in [5, 5.41) is 14.9. The number of hydrogen-bond acceptors (Lipinski definition) is 5. The molecule has 1 aliphatic carbocycles. The number of nitrogens with zero attached hydrogens (tertiary/aromatic N) is 5. The lowest BCUT2D eigenvalue weighted by Crippen LogP contribution is -2.14. The van der Waals surface area contributed by atoms with E-state index < -0.39 is 0 Å². The van der Waals surface area contributed by atoms with Crippen molar-refractivity contribution in [2.45, 2.75) is 38.2 Å². The summed E-state index contributed by atoms with van der Waals surface area (Å²) in [4.78, 5) is 17.5. The topological polar surface area (TPSA) is 92.0 Å². The first-order valence-corrected chi connectivity index (χ1v) is 11.2. The summed E-state index contributed by atoms with van der Waals surface area (Å²) in [7, 11) is 0. The van der Waals surface area contributed by atoms with E-state index in [-0.39, 0.29) is 12.0 Å². The molecule has 7 nitrogen and oxygen atoms in total. The van der Waals surface area contributed by atoms with Gasteiger partial charge in [-0.05, 0) is 55.2 Å². The molecule has 0 spiro atoms. The fraction of sp³-hybridized carbons (Fsp3) is 0.231. The van der Waals surface area contributed by atoms with E-state index in [1.165, 1.54) is 11.1 Å². The van der Waals surface area contributed by atoms with Crippen LogP contribution < -0.4 is 0 Å². The Morgan fingerprint density at radius 1 is 1.06 bits per heavy atom. The Morgan fingerprint density at radius 3 is 2.88 bits per heavy atom. The van der Waals surface area contributed by atoms with Crippen LogP contribution in [0.5, 0.6) is 0 Å². The van der Waals surface area contributed by atoms with Crippen LogP contribution in [-0.4, -0.2) is 40.8 Å². The first-order valence-electron chi connectivity index (χ1n) is 11.2. The highest BCUT2D eigenvalue weighted by Crippen LogP contribution is 2.37. The zero-order valence-electron chi connectivity index (χ0n) is 18.3. The molecule has 5 aromatic rings. The van der Waals surface area contributed by atoms with Gasteiger partial charge in [-0.25, -0.2) is 14.5 Å². The van der Waals surface area contributed by atoms with Crippen LogP contribution in [0.25, 0.3) is 28.3 Å². The molecule has 0 saturated carbocycles. The predicted molar refractivity (Wildman–Crippen MR) is 126 cm³/mol. The van der Waals surface area contributed by atoms with Crippen molar-refractivity contribution in [2.24, 2.45) is 0 Å². The van der Waals surface area contributed by atoms with Crippen LogP contribution >= 0.6 is 0 Å². The molecule has 7 heteroatoms. The second kappa shape index (κ2) is 7.94. The third-order valence-electron chi connectivity index (χ3n) is 6.49. The number of H-pyrrole nitrogens is 1. The number of aliphatic hydroxyl groups excluding tert-OH is 1. The Kier molecular flexibility index (Phi) is 4.77. The summed E-state index contributed by atoms with van der Waals surface area (Å²) in [5.74, 6) is 1.01. The molecular weight excluding hydrogens is 412 g/mol. The van der Waals surface area contributed by atoms with E-state index in [2.05, 4.69) is 33.3 Å². The highest BCUT2D eigenvalue weighted by atomic mass is 16.3. The first kappa shape index (κ1) is 19.8. The molecule has 0 fully saturated rings. The van der Waals surface area contributed by atoms with Crippen LogP contribution in [-0.2, 0) is 12.8 Å². The van der Waals surface area contributed by atoms with E-state index in [1.54, 1.807) is 10.8 Å². The third kappa shape index (κ3) is 3.60. The molecule has 2 N–H and O–H groups in total. The lowest BCUT2D eigenvalue weighted by molar-refractivity contribution is 0.152. The molecule has 0 amide bonds. The molecule has 0 aliphatic heterocycles. The van der Waals surface area contributed by atoms with Crippen LogP contribution in [0.4, 0.5) is 0 Å². The molecule has 0 radical (unpaired) electrons. The Morgan fingerprint density at radius 2 is 1.97 bits per heavy atom. The summed E-state index contributed by atoms with van der Waals surface area (Å²) >= 11 is 0. The lowest BCUT2D eigenvalue weighted by atomic mass is 9.94. The van der Waals surface area contributed by atoms with Crippen LogP contribution in [0, 0.1) is 6.92 Å². The second-order valence-corrected chi connectivity index (χ2v) is 8.67. The lowest BCUT2D eigenvalue weighted by Gasteiger charge is -2.14.